The molecule has 2 heterocycles. The highest BCUT2D eigenvalue weighted by atomic mass is 32.2. The van der Waals surface area contributed by atoms with Crippen molar-refractivity contribution < 1.29 is 21.6 Å². The molecule has 1 amide bonds. The maximum Gasteiger partial charge on any atom is 0.237 e. The van der Waals surface area contributed by atoms with Crippen LogP contribution in [-0.4, -0.2) is 99.9 Å². The standard InChI is InChI=1S/C14H27N3O5S2/c1-4-5-8-24(21,22)17-7-6-16(14(18)9-15(2)3)12-10-23(19,20)11-13(12)17/h12-13H,4-11H2,1-3H3/t12-,13+/m1/s1. The molecule has 2 aliphatic rings. The first-order valence-corrected chi connectivity index (χ1v) is 11.6. The first kappa shape index (κ1) is 19.6. The van der Waals surface area contributed by atoms with Gasteiger partial charge in [0, 0.05) is 13.1 Å². The molecule has 0 aromatic rings. The van der Waals surface area contributed by atoms with Gasteiger partial charge in [0.05, 0.1) is 35.9 Å². The number of likely N-dealkylation sites (N-methyl/N-ethyl adjacent to an activating group) is 1. The Labute approximate surface area is 144 Å². The van der Waals surface area contributed by atoms with E-state index in [0.717, 1.165) is 6.42 Å². The molecule has 0 spiro atoms. The van der Waals surface area contributed by atoms with Crippen LogP contribution in [0.25, 0.3) is 0 Å². The van der Waals surface area contributed by atoms with Gasteiger partial charge in [-0.05, 0) is 20.5 Å². The van der Waals surface area contributed by atoms with Gasteiger partial charge in [-0.15, -0.1) is 0 Å². The zero-order chi connectivity index (χ0) is 18.1. The van der Waals surface area contributed by atoms with Crippen molar-refractivity contribution in [3.8, 4) is 0 Å². The number of nitrogens with zero attached hydrogens (tertiary/aromatic N) is 3. The summed E-state index contributed by atoms with van der Waals surface area (Å²) in [5.74, 6) is -0.484. The van der Waals surface area contributed by atoms with Gasteiger partial charge in [-0.3, -0.25) is 4.79 Å². The van der Waals surface area contributed by atoms with Crippen molar-refractivity contribution in [2.45, 2.75) is 31.8 Å². The molecule has 140 valence electrons. The maximum atomic E-state index is 12.6. The second kappa shape index (κ2) is 7.27. The first-order chi connectivity index (χ1) is 11.1. The molecule has 0 aromatic carbocycles. The van der Waals surface area contributed by atoms with Crippen molar-refractivity contribution in [1.29, 1.82) is 0 Å². The average Bonchev–Trinajstić information content (AvgIpc) is 2.77. The molecule has 10 heteroatoms. The summed E-state index contributed by atoms with van der Waals surface area (Å²) in [5, 5.41) is 0. The van der Waals surface area contributed by atoms with Gasteiger partial charge in [0.2, 0.25) is 15.9 Å². The Morgan fingerprint density at radius 3 is 2.38 bits per heavy atom. The molecule has 2 aliphatic heterocycles. The molecule has 0 radical (unpaired) electrons. The average molecular weight is 382 g/mol. The number of hydrogen-bond acceptors (Lipinski definition) is 6. The van der Waals surface area contributed by atoms with Crippen LogP contribution < -0.4 is 0 Å². The highest BCUT2D eigenvalue weighted by molar-refractivity contribution is 7.92. The highest BCUT2D eigenvalue weighted by Crippen LogP contribution is 2.29. The van der Waals surface area contributed by atoms with Gasteiger partial charge in [-0.25, -0.2) is 16.8 Å². The minimum absolute atomic E-state index is 0.0262. The van der Waals surface area contributed by atoms with Crippen molar-refractivity contribution >= 4 is 25.8 Å². The summed E-state index contributed by atoms with van der Waals surface area (Å²) >= 11 is 0. The van der Waals surface area contributed by atoms with Crippen molar-refractivity contribution in [1.82, 2.24) is 14.1 Å². The summed E-state index contributed by atoms with van der Waals surface area (Å²) in [5.41, 5.74) is 0. The Balaban J connectivity index is 2.25. The fourth-order valence-electron chi connectivity index (χ4n) is 3.38. The Hall–Kier alpha value is -0.710. The smallest absolute Gasteiger partial charge is 0.237 e. The van der Waals surface area contributed by atoms with E-state index in [1.54, 1.807) is 23.9 Å². The Kier molecular flexibility index (Phi) is 5.94. The summed E-state index contributed by atoms with van der Waals surface area (Å²) in [7, 11) is -3.31. The summed E-state index contributed by atoms with van der Waals surface area (Å²) in [6, 6.07) is -1.23. The molecule has 0 aliphatic carbocycles. The zero-order valence-electron chi connectivity index (χ0n) is 14.5. The summed E-state index contributed by atoms with van der Waals surface area (Å²) in [6.45, 7) is 2.51. The number of hydrogen-bond donors (Lipinski definition) is 0. The number of carbonyl (C=O) groups is 1. The molecule has 24 heavy (non-hydrogen) atoms. The molecule has 2 rings (SSSR count). The van der Waals surface area contributed by atoms with Crippen molar-refractivity contribution in [2.24, 2.45) is 0 Å². The number of piperazine rings is 1. The molecule has 8 nitrogen and oxygen atoms in total. The minimum Gasteiger partial charge on any atom is -0.335 e. The number of sulfone groups is 1. The molecule has 2 atom stereocenters. The van der Waals surface area contributed by atoms with E-state index in [4.69, 9.17) is 0 Å². The van der Waals surface area contributed by atoms with E-state index in [9.17, 15) is 21.6 Å². The highest BCUT2D eigenvalue weighted by Gasteiger charge is 2.50. The Morgan fingerprint density at radius 2 is 1.79 bits per heavy atom. The number of sulfonamides is 1. The topological polar surface area (TPSA) is 95.1 Å². The fourth-order valence-corrected chi connectivity index (χ4v) is 7.33. The number of rotatable bonds is 6. The van der Waals surface area contributed by atoms with E-state index in [1.165, 1.54) is 4.31 Å². The van der Waals surface area contributed by atoms with E-state index in [2.05, 4.69) is 0 Å². The summed E-state index contributed by atoms with van der Waals surface area (Å²) in [4.78, 5) is 15.7. The molecule has 2 fully saturated rings. The predicted molar refractivity (Wildman–Crippen MR) is 91.9 cm³/mol. The van der Waals surface area contributed by atoms with E-state index in [1.807, 2.05) is 6.92 Å². The predicted octanol–water partition coefficient (Wildman–Crippen LogP) is -1.01. The van der Waals surface area contributed by atoms with E-state index < -0.39 is 31.9 Å². The largest absolute Gasteiger partial charge is 0.335 e. The van der Waals surface area contributed by atoms with Gasteiger partial charge < -0.3 is 9.80 Å². The van der Waals surface area contributed by atoms with E-state index in [-0.39, 0.29) is 42.8 Å². The van der Waals surface area contributed by atoms with Gasteiger partial charge in [0.1, 0.15) is 0 Å². The van der Waals surface area contributed by atoms with E-state index in [0.29, 0.717) is 6.42 Å². The van der Waals surface area contributed by atoms with Crippen LogP contribution >= 0.6 is 0 Å². The van der Waals surface area contributed by atoms with Crippen molar-refractivity contribution in [3.63, 3.8) is 0 Å². The van der Waals surface area contributed by atoms with Crippen LogP contribution in [0.3, 0.4) is 0 Å². The summed E-state index contributed by atoms with van der Waals surface area (Å²) < 4.78 is 50.7. The summed E-state index contributed by atoms with van der Waals surface area (Å²) in [6.07, 6.45) is 1.30. The lowest BCUT2D eigenvalue weighted by Crippen LogP contribution is -2.63. The number of unbranched alkanes of at least 4 members (excludes halogenated alkanes) is 1. The van der Waals surface area contributed by atoms with Crippen LogP contribution in [0, 0.1) is 0 Å². The van der Waals surface area contributed by atoms with Crippen LogP contribution in [0.4, 0.5) is 0 Å². The third-order valence-electron chi connectivity index (χ3n) is 4.51. The molecule has 0 bridgehead atoms. The number of fused-ring (bicyclic) bond motifs is 1. The van der Waals surface area contributed by atoms with Gasteiger partial charge in [0.25, 0.3) is 0 Å². The molecule has 0 N–H and O–H groups in total. The number of amides is 1. The SMILES string of the molecule is CCCCS(=O)(=O)N1CCN(C(=O)CN(C)C)[C@@H]2CS(=O)(=O)C[C@@H]21. The van der Waals surface area contributed by atoms with E-state index >= 15 is 0 Å². The molecular formula is C14H27N3O5S2. The zero-order valence-corrected chi connectivity index (χ0v) is 16.1. The van der Waals surface area contributed by atoms with Crippen molar-refractivity contribution in [3.05, 3.63) is 0 Å². The minimum atomic E-state index is -3.50. The molecular weight excluding hydrogens is 354 g/mol. The molecule has 0 saturated carbocycles. The van der Waals surface area contributed by atoms with Gasteiger partial charge in [0.15, 0.2) is 9.84 Å². The van der Waals surface area contributed by atoms with Gasteiger partial charge in [-0.2, -0.15) is 4.31 Å². The molecule has 0 aromatic heterocycles. The normalized spacial score (nSPS) is 27.4. The Bertz CT molecular complexity index is 675. The molecule has 2 saturated heterocycles. The van der Waals surface area contributed by atoms with Crippen LogP contribution in [0.1, 0.15) is 19.8 Å². The maximum absolute atomic E-state index is 12.6. The lowest BCUT2D eigenvalue weighted by atomic mass is 10.1. The van der Waals surface area contributed by atoms with Gasteiger partial charge >= 0.3 is 0 Å². The third kappa shape index (κ3) is 4.27. The van der Waals surface area contributed by atoms with Crippen LogP contribution in [0.2, 0.25) is 0 Å². The quantitative estimate of drug-likeness (QED) is 0.585. The first-order valence-electron chi connectivity index (χ1n) is 8.21. The number of carbonyl (C=O) groups excluding carboxylic acids is 1. The lowest BCUT2D eigenvalue weighted by Gasteiger charge is -2.43. The lowest BCUT2D eigenvalue weighted by molar-refractivity contribution is -0.136. The van der Waals surface area contributed by atoms with Gasteiger partial charge in [-0.1, -0.05) is 13.3 Å². The van der Waals surface area contributed by atoms with Crippen molar-refractivity contribution in [2.75, 3.05) is 51.0 Å². The third-order valence-corrected chi connectivity index (χ3v) is 8.18. The second-order valence-corrected chi connectivity index (χ2v) is 11.0. The fraction of sp³-hybridized carbons (Fsp3) is 0.929. The monoisotopic (exact) mass is 381 g/mol. The molecule has 0 unspecified atom stereocenters. The second-order valence-electron chi connectivity index (χ2n) is 6.82. The van der Waals surface area contributed by atoms with Crippen LogP contribution in [0.5, 0.6) is 0 Å². The Morgan fingerprint density at radius 1 is 1.17 bits per heavy atom. The van der Waals surface area contributed by atoms with Crippen LogP contribution in [0.15, 0.2) is 0 Å². The van der Waals surface area contributed by atoms with Crippen LogP contribution in [-0.2, 0) is 24.7 Å².